The number of amides is 2. The number of carbonyl (C=O) groups excluding carboxylic acids is 2. The molecule has 0 spiro atoms. The van der Waals surface area contributed by atoms with Gasteiger partial charge in [0.2, 0.25) is 0 Å². The number of benzene rings is 2. The SMILES string of the molecule is CC=CC=CC(=O)NNC(=O)c1nn(Cc2ccccc2)c(=O)c2ccccc12. The second-order valence-corrected chi connectivity index (χ2v) is 6.17. The molecule has 2 aromatic carbocycles. The molecule has 0 atom stereocenters. The number of hydrazine groups is 1. The largest absolute Gasteiger partial charge is 0.290 e. The van der Waals surface area contributed by atoms with Gasteiger partial charge in [0.15, 0.2) is 5.69 Å². The highest BCUT2D eigenvalue weighted by Gasteiger charge is 2.17. The number of allylic oxidation sites excluding steroid dienone is 3. The molecule has 29 heavy (non-hydrogen) atoms. The molecule has 0 aliphatic heterocycles. The Morgan fingerprint density at radius 3 is 2.38 bits per heavy atom. The van der Waals surface area contributed by atoms with Crippen molar-refractivity contribution in [2.24, 2.45) is 0 Å². The summed E-state index contributed by atoms with van der Waals surface area (Å²) in [6.45, 7) is 2.05. The summed E-state index contributed by atoms with van der Waals surface area (Å²) >= 11 is 0. The minimum Gasteiger partial charge on any atom is -0.268 e. The molecule has 7 nitrogen and oxygen atoms in total. The number of fused-ring (bicyclic) bond motifs is 1. The van der Waals surface area contributed by atoms with Gasteiger partial charge >= 0.3 is 0 Å². The van der Waals surface area contributed by atoms with E-state index in [0.29, 0.717) is 10.8 Å². The molecule has 0 saturated carbocycles. The Morgan fingerprint density at radius 2 is 1.66 bits per heavy atom. The first-order valence-electron chi connectivity index (χ1n) is 9.03. The molecule has 146 valence electrons. The number of nitrogens with one attached hydrogen (secondary N) is 2. The van der Waals surface area contributed by atoms with Crippen LogP contribution in [0.15, 0.2) is 83.7 Å². The highest BCUT2D eigenvalue weighted by atomic mass is 16.2. The zero-order valence-electron chi connectivity index (χ0n) is 15.8. The molecule has 0 saturated heterocycles. The highest BCUT2D eigenvalue weighted by Crippen LogP contribution is 2.13. The van der Waals surface area contributed by atoms with E-state index in [0.717, 1.165) is 5.56 Å². The van der Waals surface area contributed by atoms with Gasteiger partial charge in [-0.2, -0.15) is 5.10 Å². The lowest BCUT2D eigenvalue weighted by atomic mass is 10.1. The summed E-state index contributed by atoms with van der Waals surface area (Å²) in [5.74, 6) is -1.10. The molecule has 1 aromatic heterocycles. The molecule has 1 heterocycles. The van der Waals surface area contributed by atoms with Crippen LogP contribution in [0.5, 0.6) is 0 Å². The molecule has 3 aromatic rings. The fraction of sp³-hybridized carbons (Fsp3) is 0.0909. The third-order valence-corrected chi connectivity index (χ3v) is 4.11. The third-order valence-electron chi connectivity index (χ3n) is 4.11. The van der Waals surface area contributed by atoms with Crippen molar-refractivity contribution in [3.63, 3.8) is 0 Å². The minimum absolute atomic E-state index is 0.0499. The molecule has 7 heteroatoms. The maximum absolute atomic E-state index is 12.8. The van der Waals surface area contributed by atoms with Crippen molar-refractivity contribution in [3.05, 3.63) is 101 Å². The molecule has 2 N–H and O–H groups in total. The predicted molar refractivity (Wildman–Crippen MR) is 111 cm³/mol. The van der Waals surface area contributed by atoms with Crippen molar-refractivity contribution in [2.45, 2.75) is 13.5 Å². The van der Waals surface area contributed by atoms with E-state index in [-0.39, 0.29) is 17.8 Å². The van der Waals surface area contributed by atoms with Gasteiger partial charge in [-0.05, 0) is 18.6 Å². The van der Waals surface area contributed by atoms with Crippen molar-refractivity contribution in [1.82, 2.24) is 20.6 Å². The standard InChI is InChI=1S/C22H20N4O3/c1-2-3-5-14-19(27)23-24-21(28)20-17-12-8-9-13-18(17)22(29)26(25-20)15-16-10-6-4-7-11-16/h2-14H,15H2,1H3,(H,23,27)(H,24,28). The average Bonchev–Trinajstić information content (AvgIpc) is 2.75. The van der Waals surface area contributed by atoms with Crippen LogP contribution < -0.4 is 16.4 Å². The summed E-state index contributed by atoms with van der Waals surface area (Å²) in [5, 5.41) is 5.05. The summed E-state index contributed by atoms with van der Waals surface area (Å²) in [4.78, 5) is 37.2. The normalized spacial score (nSPS) is 11.2. The third kappa shape index (κ3) is 4.84. The minimum atomic E-state index is -0.615. The molecule has 2 amide bonds. The van der Waals surface area contributed by atoms with Crippen molar-refractivity contribution in [2.75, 3.05) is 0 Å². The van der Waals surface area contributed by atoms with Gasteiger partial charge in [0, 0.05) is 11.5 Å². The molecular formula is C22H20N4O3. The first kappa shape index (κ1) is 19.8. The lowest BCUT2D eigenvalue weighted by Gasteiger charge is -2.11. The van der Waals surface area contributed by atoms with Gasteiger partial charge in [0.25, 0.3) is 17.4 Å². The highest BCUT2D eigenvalue weighted by molar-refractivity contribution is 6.05. The Kier molecular flexibility index (Phi) is 6.32. The fourth-order valence-electron chi connectivity index (χ4n) is 2.74. The van der Waals surface area contributed by atoms with Gasteiger partial charge in [-0.3, -0.25) is 25.2 Å². The van der Waals surface area contributed by atoms with Crippen LogP contribution in [-0.2, 0) is 11.3 Å². The van der Waals surface area contributed by atoms with Gasteiger partial charge < -0.3 is 0 Å². The zero-order chi connectivity index (χ0) is 20.6. The van der Waals surface area contributed by atoms with E-state index in [1.807, 2.05) is 37.3 Å². The Hall–Kier alpha value is -4.00. The number of rotatable bonds is 5. The van der Waals surface area contributed by atoms with Crippen LogP contribution in [0.1, 0.15) is 23.0 Å². The van der Waals surface area contributed by atoms with E-state index < -0.39 is 11.8 Å². The van der Waals surface area contributed by atoms with Crippen molar-refractivity contribution < 1.29 is 9.59 Å². The van der Waals surface area contributed by atoms with Gasteiger partial charge in [-0.25, -0.2) is 4.68 Å². The maximum atomic E-state index is 12.8. The van der Waals surface area contributed by atoms with E-state index in [1.165, 1.54) is 10.8 Å². The molecule has 0 aliphatic carbocycles. The van der Waals surface area contributed by atoms with Crippen LogP contribution in [0.4, 0.5) is 0 Å². The van der Waals surface area contributed by atoms with E-state index in [9.17, 15) is 14.4 Å². The van der Waals surface area contributed by atoms with Gasteiger partial charge in [0.05, 0.1) is 11.9 Å². The second-order valence-electron chi connectivity index (χ2n) is 6.17. The molecular weight excluding hydrogens is 368 g/mol. The first-order chi connectivity index (χ1) is 14.1. The van der Waals surface area contributed by atoms with Crippen LogP contribution in [0.2, 0.25) is 0 Å². The maximum Gasteiger partial charge on any atom is 0.290 e. The topological polar surface area (TPSA) is 93.1 Å². The molecule has 0 bridgehead atoms. The van der Waals surface area contributed by atoms with Crippen molar-refractivity contribution >= 4 is 22.6 Å². The number of hydrogen-bond acceptors (Lipinski definition) is 4. The van der Waals surface area contributed by atoms with Crippen LogP contribution in [0.3, 0.4) is 0 Å². The van der Waals surface area contributed by atoms with Crippen molar-refractivity contribution in [3.8, 4) is 0 Å². The second kappa shape index (κ2) is 9.27. The number of carbonyl (C=O) groups is 2. The summed E-state index contributed by atoms with van der Waals surface area (Å²) in [7, 11) is 0. The average molecular weight is 388 g/mol. The Morgan fingerprint density at radius 1 is 0.966 bits per heavy atom. The quantitative estimate of drug-likeness (QED) is 0.399. The predicted octanol–water partition coefficient (Wildman–Crippen LogP) is 2.34. The number of aromatic nitrogens is 2. The van der Waals surface area contributed by atoms with Crippen LogP contribution >= 0.6 is 0 Å². The lowest BCUT2D eigenvalue weighted by Crippen LogP contribution is -2.42. The number of hydrogen-bond donors (Lipinski definition) is 2. The lowest BCUT2D eigenvalue weighted by molar-refractivity contribution is -0.117. The van der Waals surface area contributed by atoms with Crippen molar-refractivity contribution in [1.29, 1.82) is 0 Å². The van der Waals surface area contributed by atoms with E-state index in [2.05, 4.69) is 16.0 Å². The monoisotopic (exact) mass is 388 g/mol. The summed E-state index contributed by atoms with van der Waals surface area (Å²) < 4.78 is 1.25. The fourth-order valence-corrected chi connectivity index (χ4v) is 2.74. The number of nitrogens with zero attached hydrogens (tertiary/aromatic N) is 2. The summed E-state index contributed by atoms with van der Waals surface area (Å²) in [5.41, 5.74) is 5.28. The molecule has 0 unspecified atom stereocenters. The summed E-state index contributed by atoms with van der Waals surface area (Å²) in [6, 6.07) is 16.1. The van der Waals surface area contributed by atoms with Gasteiger partial charge in [-0.1, -0.05) is 66.8 Å². The molecule has 3 rings (SSSR count). The van der Waals surface area contributed by atoms with Crippen LogP contribution in [0.25, 0.3) is 10.8 Å². The molecule has 0 aliphatic rings. The smallest absolute Gasteiger partial charge is 0.268 e. The van der Waals surface area contributed by atoms with E-state index in [1.54, 1.807) is 42.5 Å². The Bertz CT molecular complexity index is 1150. The Labute approximate surface area is 167 Å². The summed E-state index contributed by atoms with van der Waals surface area (Å²) in [6.07, 6.45) is 6.29. The molecule has 0 fully saturated rings. The van der Waals surface area contributed by atoms with E-state index >= 15 is 0 Å². The van der Waals surface area contributed by atoms with Crippen LogP contribution in [0, 0.1) is 0 Å². The zero-order valence-corrected chi connectivity index (χ0v) is 15.8. The van der Waals surface area contributed by atoms with Gasteiger partial charge in [0.1, 0.15) is 0 Å². The first-order valence-corrected chi connectivity index (χ1v) is 9.03. The van der Waals surface area contributed by atoms with Gasteiger partial charge in [-0.15, -0.1) is 0 Å². The molecule has 0 radical (unpaired) electrons. The van der Waals surface area contributed by atoms with Crippen LogP contribution in [-0.4, -0.2) is 21.6 Å². The Balaban J connectivity index is 1.92. The van der Waals surface area contributed by atoms with E-state index in [4.69, 9.17) is 0 Å².